The standard InChI is InChI=1S/C9H10N6O/c1-5-2-3-12-8(6(5)7(10)16)15-4-13-9(11)14-15/h2-4H,1H3,(H2,10,16)(H2,11,14). The fourth-order valence-electron chi connectivity index (χ4n) is 1.40. The summed E-state index contributed by atoms with van der Waals surface area (Å²) in [6.45, 7) is 1.77. The molecule has 0 atom stereocenters. The number of pyridine rings is 1. The second-order valence-electron chi connectivity index (χ2n) is 3.24. The van der Waals surface area contributed by atoms with Gasteiger partial charge in [0.05, 0.1) is 5.56 Å². The number of hydrogen-bond donors (Lipinski definition) is 2. The van der Waals surface area contributed by atoms with E-state index in [-0.39, 0.29) is 5.95 Å². The second kappa shape index (κ2) is 3.61. The predicted octanol–water partition coefficient (Wildman–Crippen LogP) is -0.348. The van der Waals surface area contributed by atoms with Crippen LogP contribution in [0.2, 0.25) is 0 Å². The molecule has 4 N–H and O–H groups in total. The molecule has 0 bridgehead atoms. The molecule has 0 aromatic carbocycles. The highest BCUT2D eigenvalue weighted by atomic mass is 16.1. The average molecular weight is 218 g/mol. The first-order chi connectivity index (χ1) is 7.59. The lowest BCUT2D eigenvalue weighted by Gasteiger charge is -2.07. The SMILES string of the molecule is Cc1ccnc(-n2cnc(N)n2)c1C(N)=O. The molecule has 2 heterocycles. The molecule has 2 rings (SSSR count). The van der Waals surface area contributed by atoms with Crippen molar-refractivity contribution in [3.8, 4) is 5.82 Å². The molecule has 2 aromatic rings. The number of rotatable bonds is 2. The largest absolute Gasteiger partial charge is 0.366 e. The maximum Gasteiger partial charge on any atom is 0.252 e. The molecular formula is C9H10N6O. The summed E-state index contributed by atoms with van der Waals surface area (Å²) in [7, 11) is 0. The van der Waals surface area contributed by atoms with Gasteiger partial charge in [-0.1, -0.05) is 0 Å². The zero-order chi connectivity index (χ0) is 11.7. The highest BCUT2D eigenvalue weighted by Crippen LogP contribution is 2.14. The van der Waals surface area contributed by atoms with Crippen LogP contribution in [0.15, 0.2) is 18.6 Å². The number of aryl methyl sites for hydroxylation is 1. The van der Waals surface area contributed by atoms with Gasteiger partial charge in [0, 0.05) is 6.20 Å². The second-order valence-corrected chi connectivity index (χ2v) is 3.24. The van der Waals surface area contributed by atoms with E-state index in [9.17, 15) is 4.79 Å². The van der Waals surface area contributed by atoms with Gasteiger partial charge in [-0.3, -0.25) is 4.79 Å². The minimum absolute atomic E-state index is 0.110. The Hall–Kier alpha value is -2.44. The summed E-state index contributed by atoms with van der Waals surface area (Å²) < 4.78 is 1.32. The van der Waals surface area contributed by atoms with Crippen molar-refractivity contribution in [2.45, 2.75) is 6.92 Å². The lowest BCUT2D eigenvalue weighted by atomic mass is 10.1. The third-order valence-corrected chi connectivity index (χ3v) is 2.11. The molecular weight excluding hydrogens is 208 g/mol. The van der Waals surface area contributed by atoms with Crippen LogP contribution in [0.4, 0.5) is 5.95 Å². The molecule has 16 heavy (non-hydrogen) atoms. The van der Waals surface area contributed by atoms with Gasteiger partial charge in [0.2, 0.25) is 5.95 Å². The molecule has 0 aliphatic heterocycles. The van der Waals surface area contributed by atoms with Gasteiger partial charge >= 0.3 is 0 Å². The lowest BCUT2D eigenvalue weighted by Crippen LogP contribution is -2.17. The first-order valence-corrected chi connectivity index (χ1v) is 4.52. The number of carbonyl (C=O) groups is 1. The van der Waals surface area contributed by atoms with Gasteiger partial charge in [-0.05, 0) is 18.6 Å². The van der Waals surface area contributed by atoms with Crippen molar-refractivity contribution in [1.82, 2.24) is 19.7 Å². The Morgan fingerprint density at radius 1 is 1.44 bits per heavy atom. The van der Waals surface area contributed by atoms with Crippen molar-refractivity contribution in [3.63, 3.8) is 0 Å². The highest BCUT2D eigenvalue weighted by molar-refractivity contribution is 5.97. The van der Waals surface area contributed by atoms with Crippen LogP contribution in [0.25, 0.3) is 5.82 Å². The van der Waals surface area contributed by atoms with E-state index in [1.165, 1.54) is 11.0 Å². The van der Waals surface area contributed by atoms with E-state index in [0.29, 0.717) is 11.4 Å². The highest BCUT2D eigenvalue weighted by Gasteiger charge is 2.15. The molecule has 0 radical (unpaired) electrons. The molecule has 0 aliphatic rings. The normalized spacial score (nSPS) is 10.3. The predicted molar refractivity (Wildman–Crippen MR) is 56.8 cm³/mol. The van der Waals surface area contributed by atoms with Gasteiger partial charge in [-0.2, -0.15) is 4.68 Å². The number of amides is 1. The molecule has 0 spiro atoms. The minimum Gasteiger partial charge on any atom is -0.366 e. The van der Waals surface area contributed by atoms with Crippen LogP contribution in [-0.4, -0.2) is 25.7 Å². The van der Waals surface area contributed by atoms with Crippen molar-refractivity contribution in [3.05, 3.63) is 29.7 Å². The van der Waals surface area contributed by atoms with Gasteiger partial charge in [0.1, 0.15) is 6.33 Å². The molecule has 0 unspecified atom stereocenters. The van der Waals surface area contributed by atoms with E-state index >= 15 is 0 Å². The van der Waals surface area contributed by atoms with Crippen molar-refractivity contribution < 1.29 is 4.79 Å². The van der Waals surface area contributed by atoms with Gasteiger partial charge in [0.15, 0.2) is 5.82 Å². The fourth-order valence-corrected chi connectivity index (χ4v) is 1.40. The molecule has 7 heteroatoms. The number of aromatic nitrogens is 4. The Balaban J connectivity index is 2.65. The molecule has 1 amide bonds. The number of anilines is 1. The van der Waals surface area contributed by atoms with Crippen molar-refractivity contribution in [2.24, 2.45) is 5.73 Å². The monoisotopic (exact) mass is 218 g/mol. The summed E-state index contributed by atoms with van der Waals surface area (Å²) in [6, 6.07) is 1.70. The number of primary amides is 1. The van der Waals surface area contributed by atoms with Gasteiger partial charge in [-0.15, -0.1) is 5.10 Å². The van der Waals surface area contributed by atoms with E-state index in [0.717, 1.165) is 5.56 Å². The zero-order valence-electron chi connectivity index (χ0n) is 8.58. The van der Waals surface area contributed by atoms with Crippen LogP contribution < -0.4 is 11.5 Å². The summed E-state index contributed by atoms with van der Waals surface area (Å²) in [5.74, 6) is -0.120. The maximum absolute atomic E-state index is 11.3. The van der Waals surface area contributed by atoms with Crippen LogP contribution in [0.5, 0.6) is 0 Å². The quantitative estimate of drug-likeness (QED) is 0.715. The van der Waals surface area contributed by atoms with Crippen LogP contribution in [0.3, 0.4) is 0 Å². The van der Waals surface area contributed by atoms with Crippen LogP contribution >= 0.6 is 0 Å². The van der Waals surface area contributed by atoms with E-state index in [1.807, 2.05) is 0 Å². The van der Waals surface area contributed by atoms with Crippen LogP contribution in [0, 0.1) is 6.92 Å². The number of hydrogen-bond acceptors (Lipinski definition) is 5. The Labute approximate surface area is 91.1 Å². The fraction of sp³-hybridized carbons (Fsp3) is 0.111. The summed E-state index contributed by atoms with van der Waals surface area (Å²) in [5.41, 5.74) is 11.7. The summed E-state index contributed by atoms with van der Waals surface area (Å²) in [4.78, 5) is 19.1. The van der Waals surface area contributed by atoms with Gasteiger partial charge < -0.3 is 11.5 Å². The minimum atomic E-state index is -0.560. The lowest BCUT2D eigenvalue weighted by molar-refractivity contribution is 0.0999. The zero-order valence-corrected chi connectivity index (χ0v) is 8.58. The Morgan fingerprint density at radius 3 is 2.75 bits per heavy atom. The Bertz CT molecular complexity index is 547. The summed E-state index contributed by atoms with van der Waals surface area (Å²) >= 11 is 0. The molecule has 0 fully saturated rings. The third kappa shape index (κ3) is 1.58. The Morgan fingerprint density at radius 2 is 2.19 bits per heavy atom. The molecule has 7 nitrogen and oxygen atoms in total. The summed E-state index contributed by atoms with van der Waals surface area (Å²) in [6.07, 6.45) is 2.94. The first kappa shape index (κ1) is 10.1. The average Bonchev–Trinajstić information content (AvgIpc) is 2.63. The number of carbonyl (C=O) groups excluding carboxylic acids is 1. The van der Waals surface area contributed by atoms with Gasteiger partial charge in [-0.25, -0.2) is 9.97 Å². The van der Waals surface area contributed by atoms with Crippen molar-refractivity contribution in [1.29, 1.82) is 0 Å². The van der Waals surface area contributed by atoms with E-state index in [4.69, 9.17) is 11.5 Å². The van der Waals surface area contributed by atoms with Crippen molar-refractivity contribution >= 4 is 11.9 Å². The topological polar surface area (TPSA) is 113 Å². The molecule has 82 valence electrons. The van der Waals surface area contributed by atoms with Crippen LogP contribution in [0.1, 0.15) is 15.9 Å². The van der Waals surface area contributed by atoms with E-state index in [1.54, 1.807) is 19.2 Å². The number of nitrogens with two attached hydrogens (primary N) is 2. The smallest absolute Gasteiger partial charge is 0.252 e. The maximum atomic E-state index is 11.3. The van der Waals surface area contributed by atoms with E-state index in [2.05, 4.69) is 15.1 Å². The third-order valence-electron chi connectivity index (χ3n) is 2.11. The molecule has 2 aromatic heterocycles. The number of nitrogens with zero attached hydrogens (tertiary/aromatic N) is 4. The molecule has 0 saturated heterocycles. The number of nitrogen functional groups attached to an aromatic ring is 1. The van der Waals surface area contributed by atoms with Crippen molar-refractivity contribution in [2.75, 3.05) is 5.73 Å². The van der Waals surface area contributed by atoms with Gasteiger partial charge in [0.25, 0.3) is 5.91 Å². The molecule has 0 aliphatic carbocycles. The van der Waals surface area contributed by atoms with E-state index < -0.39 is 5.91 Å². The first-order valence-electron chi connectivity index (χ1n) is 4.52. The summed E-state index contributed by atoms with van der Waals surface area (Å²) in [5, 5.41) is 3.88. The molecule has 0 saturated carbocycles. The van der Waals surface area contributed by atoms with Crippen LogP contribution in [-0.2, 0) is 0 Å². The Kier molecular flexibility index (Phi) is 2.28.